The molecule has 3 atom stereocenters. The summed E-state index contributed by atoms with van der Waals surface area (Å²) in [6.07, 6.45) is 6.96. The summed E-state index contributed by atoms with van der Waals surface area (Å²) in [5.41, 5.74) is 2.15. The predicted octanol–water partition coefficient (Wildman–Crippen LogP) is 2.55. The molecule has 2 aromatic rings. The van der Waals surface area contributed by atoms with Crippen LogP contribution in [0.3, 0.4) is 0 Å². The van der Waals surface area contributed by atoms with Crippen LogP contribution < -0.4 is 20.3 Å². The summed E-state index contributed by atoms with van der Waals surface area (Å²) in [5, 5.41) is 6.47. The molecule has 2 aliphatic rings. The normalized spacial score (nSPS) is 22.6. The number of nitrogens with one attached hydrogen (secondary N) is 2. The van der Waals surface area contributed by atoms with Gasteiger partial charge in [0.15, 0.2) is 11.6 Å². The van der Waals surface area contributed by atoms with Gasteiger partial charge in [-0.1, -0.05) is 6.07 Å². The summed E-state index contributed by atoms with van der Waals surface area (Å²) in [6.45, 7) is 3.75. The Labute approximate surface area is 176 Å². The number of carbonyl (C=O) groups excluding carboxylic acids is 1. The molecule has 2 fully saturated rings. The summed E-state index contributed by atoms with van der Waals surface area (Å²) in [5.74, 6) is 0.958. The average molecular weight is 413 g/mol. The van der Waals surface area contributed by atoms with Crippen LogP contribution in [-0.2, 0) is 4.79 Å². The zero-order valence-corrected chi connectivity index (χ0v) is 17.4. The maximum atomic E-state index is 13.7. The molecule has 1 saturated carbocycles. The van der Waals surface area contributed by atoms with Crippen molar-refractivity contribution in [3.63, 3.8) is 0 Å². The van der Waals surface area contributed by atoms with E-state index in [0.29, 0.717) is 31.0 Å². The van der Waals surface area contributed by atoms with E-state index in [1.54, 1.807) is 12.1 Å². The molecule has 0 bridgehead atoms. The predicted molar refractivity (Wildman–Crippen MR) is 112 cm³/mol. The van der Waals surface area contributed by atoms with E-state index in [0.717, 1.165) is 36.9 Å². The van der Waals surface area contributed by atoms with Crippen molar-refractivity contribution in [3.05, 3.63) is 47.5 Å². The van der Waals surface area contributed by atoms with Crippen LogP contribution in [0.25, 0.3) is 0 Å². The third-order valence-electron chi connectivity index (χ3n) is 6.04. The highest BCUT2D eigenvalue weighted by Gasteiger charge is 2.28. The van der Waals surface area contributed by atoms with Gasteiger partial charge in [0.05, 0.1) is 13.7 Å². The third kappa shape index (κ3) is 4.53. The van der Waals surface area contributed by atoms with E-state index in [4.69, 9.17) is 4.74 Å². The number of piperazine rings is 1. The summed E-state index contributed by atoms with van der Waals surface area (Å²) >= 11 is 0. The lowest BCUT2D eigenvalue weighted by atomic mass is 10.0. The Bertz CT molecular complexity index is 892. The molecule has 0 radical (unpaired) electrons. The lowest BCUT2D eigenvalue weighted by Gasteiger charge is -2.26. The highest BCUT2D eigenvalue weighted by atomic mass is 19.1. The van der Waals surface area contributed by atoms with Crippen LogP contribution in [0.2, 0.25) is 0 Å². The quantitative estimate of drug-likeness (QED) is 0.758. The van der Waals surface area contributed by atoms with E-state index >= 15 is 0 Å². The Morgan fingerprint density at radius 1 is 1.30 bits per heavy atom. The number of anilines is 1. The minimum Gasteiger partial charge on any atom is -0.494 e. The van der Waals surface area contributed by atoms with Gasteiger partial charge in [0.1, 0.15) is 0 Å². The molecule has 1 saturated heterocycles. The van der Waals surface area contributed by atoms with Gasteiger partial charge in [0, 0.05) is 37.6 Å². The molecule has 0 unspecified atom stereocenters. The first-order valence-electron chi connectivity index (χ1n) is 10.5. The van der Waals surface area contributed by atoms with Crippen LogP contribution in [0, 0.1) is 5.82 Å². The molecule has 4 rings (SSSR count). The van der Waals surface area contributed by atoms with E-state index in [1.807, 2.05) is 17.3 Å². The summed E-state index contributed by atoms with van der Waals surface area (Å²) < 4.78 is 18.8. The number of halogens is 1. The minimum absolute atomic E-state index is 0.00605. The van der Waals surface area contributed by atoms with Gasteiger partial charge in [-0.25, -0.2) is 14.4 Å². The van der Waals surface area contributed by atoms with Crippen molar-refractivity contribution in [1.82, 2.24) is 20.6 Å². The van der Waals surface area contributed by atoms with Gasteiger partial charge in [0.2, 0.25) is 11.9 Å². The number of rotatable bonds is 6. The van der Waals surface area contributed by atoms with Crippen molar-refractivity contribution < 1.29 is 13.9 Å². The number of methoxy groups -OCH3 is 1. The Morgan fingerprint density at radius 2 is 2.10 bits per heavy atom. The first kappa shape index (κ1) is 20.5. The second-order valence-electron chi connectivity index (χ2n) is 8.08. The largest absolute Gasteiger partial charge is 0.494 e. The number of amides is 1. The van der Waals surface area contributed by atoms with Gasteiger partial charge in [-0.15, -0.1) is 0 Å². The standard InChI is InChI=1S/C22H28FN5O2/c1-14(15-4-6-19(23)20(10-15)30-2)27-18-5-3-16(9-18)17-11-25-22(26-12-17)28-8-7-24-21(29)13-28/h4,6,10-12,14,16,18,27H,3,5,7-9,13H2,1-2H3,(H,24,29)/t14-,16-,18+/m1/s1. The molecule has 0 spiro atoms. The van der Waals surface area contributed by atoms with Gasteiger partial charge < -0.3 is 20.3 Å². The van der Waals surface area contributed by atoms with E-state index < -0.39 is 0 Å². The molecule has 1 aliphatic carbocycles. The average Bonchev–Trinajstić information content (AvgIpc) is 3.22. The lowest BCUT2D eigenvalue weighted by molar-refractivity contribution is -0.120. The van der Waals surface area contributed by atoms with Crippen LogP contribution in [0.4, 0.5) is 10.3 Å². The fourth-order valence-electron chi connectivity index (χ4n) is 4.35. The van der Waals surface area contributed by atoms with E-state index in [1.165, 1.54) is 13.2 Å². The fourth-order valence-corrected chi connectivity index (χ4v) is 4.35. The highest BCUT2D eigenvalue weighted by Crippen LogP contribution is 2.35. The number of benzene rings is 1. The van der Waals surface area contributed by atoms with Crippen LogP contribution >= 0.6 is 0 Å². The second-order valence-corrected chi connectivity index (χ2v) is 8.08. The molecule has 160 valence electrons. The zero-order chi connectivity index (χ0) is 21.1. The number of nitrogens with zero attached hydrogens (tertiary/aromatic N) is 3. The first-order chi connectivity index (χ1) is 14.5. The van der Waals surface area contributed by atoms with Gasteiger partial charge in [-0.05, 0) is 55.4 Å². The minimum atomic E-state index is -0.344. The second kappa shape index (κ2) is 8.95. The van der Waals surface area contributed by atoms with Crippen molar-refractivity contribution >= 4 is 11.9 Å². The highest BCUT2D eigenvalue weighted by molar-refractivity contribution is 5.81. The van der Waals surface area contributed by atoms with Crippen LogP contribution in [0.1, 0.15) is 49.3 Å². The number of carbonyl (C=O) groups is 1. The van der Waals surface area contributed by atoms with Gasteiger partial charge in [-0.3, -0.25) is 4.79 Å². The molecular weight excluding hydrogens is 385 g/mol. The van der Waals surface area contributed by atoms with Crippen molar-refractivity contribution in [3.8, 4) is 5.75 Å². The molecule has 2 heterocycles. The molecule has 1 aliphatic heterocycles. The number of aromatic nitrogens is 2. The van der Waals surface area contributed by atoms with Crippen molar-refractivity contribution in [2.24, 2.45) is 0 Å². The Hall–Kier alpha value is -2.74. The number of ether oxygens (including phenoxy) is 1. The SMILES string of the molecule is COc1cc([C@@H](C)N[C@H]2CC[C@@H](c3cnc(N4CCNC(=O)C4)nc3)C2)ccc1F. The molecule has 1 aromatic carbocycles. The monoisotopic (exact) mass is 413 g/mol. The summed E-state index contributed by atoms with van der Waals surface area (Å²) in [7, 11) is 1.48. The van der Waals surface area contributed by atoms with Crippen LogP contribution in [0.15, 0.2) is 30.6 Å². The molecule has 1 aromatic heterocycles. The topological polar surface area (TPSA) is 79.4 Å². The van der Waals surface area contributed by atoms with Crippen LogP contribution in [0.5, 0.6) is 5.75 Å². The third-order valence-corrected chi connectivity index (χ3v) is 6.04. The smallest absolute Gasteiger partial charge is 0.239 e. The van der Waals surface area contributed by atoms with Crippen molar-refractivity contribution in [2.45, 2.75) is 44.2 Å². The molecule has 8 heteroatoms. The summed E-state index contributed by atoms with van der Waals surface area (Å²) in [6, 6.07) is 5.50. The maximum absolute atomic E-state index is 13.7. The van der Waals surface area contributed by atoms with E-state index in [2.05, 4.69) is 27.5 Å². The van der Waals surface area contributed by atoms with Crippen LogP contribution in [-0.4, -0.2) is 48.7 Å². The number of hydrogen-bond donors (Lipinski definition) is 2. The number of hydrogen-bond acceptors (Lipinski definition) is 6. The van der Waals surface area contributed by atoms with Gasteiger partial charge >= 0.3 is 0 Å². The fraction of sp³-hybridized carbons (Fsp3) is 0.500. The van der Waals surface area contributed by atoms with Gasteiger partial charge in [0.25, 0.3) is 0 Å². The van der Waals surface area contributed by atoms with E-state index in [-0.39, 0.29) is 23.5 Å². The molecule has 2 N–H and O–H groups in total. The lowest BCUT2D eigenvalue weighted by Crippen LogP contribution is -2.48. The van der Waals surface area contributed by atoms with E-state index in [9.17, 15) is 9.18 Å². The van der Waals surface area contributed by atoms with Crippen molar-refractivity contribution in [2.75, 3.05) is 31.6 Å². The Kier molecular flexibility index (Phi) is 6.13. The Morgan fingerprint density at radius 3 is 2.83 bits per heavy atom. The maximum Gasteiger partial charge on any atom is 0.239 e. The Balaban J connectivity index is 1.34. The summed E-state index contributed by atoms with van der Waals surface area (Å²) in [4.78, 5) is 22.5. The molecular formula is C22H28FN5O2. The van der Waals surface area contributed by atoms with Gasteiger partial charge in [-0.2, -0.15) is 0 Å². The molecule has 30 heavy (non-hydrogen) atoms. The molecule has 1 amide bonds. The molecule has 7 nitrogen and oxygen atoms in total. The zero-order valence-electron chi connectivity index (χ0n) is 17.4. The first-order valence-corrected chi connectivity index (χ1v) is 10.5. The van der Waals surface area contributed by atoms with Crippen molar-refractivity contribution in [1.29, 1.82) is 0 Å².